The van der Waals surface area contributed by atoms with E-state index >= 15 is 0 Å². The molecule has 1 aromatic heterocycles. The van der Waals surface area contributed by atoms with Gasteiger partial charge in [0, 0.05) is 5.56 Å². The highest BCUT2D eigenvalue weighted by Crippen LogP contribution is 2.42. The summed E-state index contributed by atoms with van der Waals surface area (Å²) in [6.45, 7) is 0.640. The predicted molar refractivity (Wildman–Crippen MR) is 106 cm³/mol. The van der Waals surface area contributed by atoms with Crippen molar-refractivity contribution >= 4 is 11.8 Å². The first-order chi connectivity index (χ1) is 13.7. The van der Waals surface area contributed by atoms with Gasteiger partial charge >= 0.3 is 6.09 Å². The van der Waals surface area contributed by atoms with E-state index in [0.717, 1.165) is 18.4 Å². The van der Waals surface area contributed by atoms with Crippen LogP contribution in [0.2, 0.25) is 0 Å². The van der Waals surface area contributed by atoms with Crippen molar-refractivity contribution in [1.82, 2.24) is 9.97 Å². The van der Waals surface area contributed by atoms with Crippen LogP contribution in [0.4, 0.5) is 10.5 Å². The minimum absolute atomic E-state index is 0.265. The van der Waals surface area contributed by atoms with E-state index in [1.807, 2.05) is 36.4 Å². The number of amides is 1. The first kappa shape index (κ1) is 18.1. The molecule has 0 atom stereocenters. The SMILES string of the molecule is O=C(O)Nc1cnc(-c2ccccc2C2CC(OCc3ccccc3)C2)nc1. The fourth-order valence-corrected chi connectivity index (χ4v) is 3.46. The van der Waals surface area contributed by atoms with Gasteiger partial charge in [-0.25, -0.2) is 14.8 Å². The molecule has 4 rings (SSSR count). The lowest BCUT2D eigenvalue weighted by molar-refractivity contribution is -0.0206. The molecule has 1 aliphatic carbocycles. The molecule has 6 nitrogen and oxygen atoms in total. The number of carbonyl (C=O) groups is 1. The van der Waals surface area contributed by atoms with Crippen molar-refractivity contribution in [3.05, 3.63) is 78.1 Å². The molecule has 2 N–H and O–H groups in total. The molecule has 1 fully saturated rings. The summed E-state index contributed by atoms with van der Waals surface area (Å²) >= 11 is 0. The van der Waals surface area contributed by atoms with E-state index in [9.17, 15) is 4.79 Å². The van der Waals surface area contributed by atoms with Crippen molar-refractivity contribution in [2.24, 2.45) is 0 Å². The van der Waals surface area contributed by atoms with E-state index in [1.165, 1.54) is 23.5 Å². The lowest BCUT2D eigenvalue weighted by Crippen LogP contribution is -2.30. The highest BCUT2D eigenvalue weighted by molar-refractivity contribution is 5.82. The summed E-state index contributed by atoms with van der Waals surface area (Å²) in [6, 6.07) is 18.3. The molecule has 1 heterocycles. The third-order valence-electron chi connectivity index (χ3n) is 4.97. The molecule has 142 valence electrons. The van der Waals surface area contributed by atoms with Gasteiger partial charge in [0.15, 0.2) is 5.82 Å². The lowest BCUT2D eigenvalue weighted by atomic mass is 9.75. The third-order valence-corrected chi connectivity index (χ3v) is 4.97. The minimum atomic E-state index is -1.13. The number of nitrogens with zero attached hydrogens (tertiary/aromatic N) is 2. The highest BCUT2D eigenvalue weighted by Gasteiger charge is 2.32. The van der Waals surface area contributed by atoms with E-state index in [-0.39, 0.29) is 6.10 Å². The fourth-order valence-electron chi connectivity index (χ4n) is 3.46. The van der Waals surface area contributed by atoms with E-state index in [2.05, 4.69) is 33.5 Å². The number of aromatic nitrogens is 2. The summed E-state index contributed by atoms with van der Waals surface area (Å²) in [5.41, 5.74) is 3.73. The van der Waals surface area contributed by atoms with Gasteiger partial charge in [0.2, 0.25) is 0 Å². The zero-order chi connectivity index (χ0) is 19.3. The van der Waals surface area contributed by atoms with Gasteiger partial charge in [0.05, 0.1) is 30.8 Å². The smallest absolute Gasteiger partial charge is 0.409 e. The Hall–Kier alpha value is -3.25. The molecule has 6 heteroatoms. The number of ether oxygens (including phenoxy) is 1. The molecular weight excluding hydrogens is 354 g/mol. The molecule has 1 aliphatic rings. The van der Waals surface area contributed by atoms with Gasteiger partial charge < -0.3 is 9.84 Å². The minimum Gasteiger partial charge on any atom is -0.465 e. The summed E-state index contributed by atoms with van der Waals surface area (Å²) in [4.78, 5) is 19.4. The van der Waals surface area contributed by atoms with E-state index in [1.54, 1.807) is 0 Å². The van der Waals surface area contributed by atoms with E-state index < -0.39 is 6.09 Å². The molecule has 0 unspecified atom stereocenters. The number of rotatable bonds is 6. The van der Waals surface area contributed by atoms with Crippen LogP contribution >= 0.6 is 0 Å². The second-order valence-electron chi connectivity index (χ2n) is 6.90. The molecule has 28 heavy (non-hydrogen) atoms. The summed E-state index contributed by atoms with van der Waals surface area (Å²) in [6.07, 6.45) is 4.05. The van der Waals surface area contributed by atoms with Crippen molar-refractivity contribution in [2.75, 3.05) is 5.32 Å². The van der Waals surface area contributed by atoms with Gasteiger partial charge in [-0.3, -0.25) is 5.32 Å². The van der Waals surface area contributed by atoms with Crippen molar-refractivity contribution in [3.8, 4) is 11.4 Å². The Kier molecular flexibility index (Phi) is 5.30. The zero-order valence-electron chi connectivity index (χ0n) is 15.3. The standard InChI is InChI=1S/C22H21N3O3/c26-22(27)25-17-12-23-21(24-13-17)20-9-5-4-8-19(20)16-10-18(11-16)28-14-15-6-2-1-3-7-15/h1-9,12-13,16,18,25H,10-11,14H2,(H,26,27). The maximum absolute atomic E-state index is 10.7. The summed E-state index contributed by atoms with van der Waals surface area (Å²) in [5.74, 6) is 1.01. The van der Waals surface area contributed by atoms with Gasteiger partial charge in [-0.1, -0.05) is 54.6 Å². The molecule has 0 saturated heterocycles. The average Bonchev–Trinajstić information content (AvgIpc) is 2.68. The molecule has 3 aromatic rings. The molecule has 0 spiro atoms. The van der Waals surface area contributed by atoms with Crippen LogP contribution in [-0.2, 0) is 11.3 Å². The van der Waals surface area contributed by atoms with Gasteiger partial charge in [0.25, 0.3) is 0 Å². The number of benzene rings is 2. The fraction of sp³-hybridized carbons (Fsp3) is 0.227. The van der Waals surface area contributed by atoms with Gasteiger partial charge in [-0.15, -0.1) is 0 Å². The van der Waals surface area contributed by atoms with E-state index in [0.29, 0.717) is 24.0 Å². The molecule has 2 aromatic carbocycles. The van der Waals surface area contributed by atoms with Crippen LogP contribution in [0, 0.1) is 0 Å². The van der Waals surface area contributed by atoms with Crippen LogP contribution in [-0.4, -0.2) is 27.3 Å². The maximum Gasteiger partial charge on any atom is 0.409 e. The van der Waals surface area contributed by atoms with Crippen LogP contribution in [0.1, 0.15) is 29.9 Å². The first-order valence-electron chi connectivity index (χ1n) is 9.26. The lowest BCUT2D eigenvalue weighted by Gasteiger charge is -2.36. The number of hydrogen-bond donors (Lipinski definition) is 2. The molecule has 0 bridgehead atoms. The van der Waals surface area contributed by atoms with Crippen molar-refractivity contribution in [1.29, 1.82) is 0 Å². The van der Waals surface area contributed by atoms with Crippen molar-refractivity contribution in [3.63, 3.8) is 0 Å². The summed E-state index contributed by atoms with van der Waals surface area (Å²) in [5, 5.41) is 11.0. The largest absolute Gasteiger partial charge is 0.465 e. The topological polar surface area (TPSA) is 84.3 Å². The first-order valence-corrected chi connectivity index (χ1v) is 9.26. The van der Waals surface area contributed by atoms with Gasteiger partial charge in [-0.05, 0) is 29.9 Å². The van der Waals surface area contributed by atoms with Crippen molar-refractivity contribution < 1.29 is 14.6 Å². The summed E-state index contributed by atoms with van der Waals surface area (Å²) < 4.78 is 6.02. The average molecular weight is 375 g/mol. The third kappa shape index (κ3) is 4.18. The Morgan fingerprint density at radius 3 is 2.43 bits per heavy atom. The second-order valence-corrected chi connectivity index (χ2v) is 6.90. The van der Waals surface area contributed by atoms with Crippen LogP contribution in [0.25, 0.3) is 11.4 Å². The Morgan fingerprint density at radius 2 is 1.71 bits per heavy atom. The van der Waals surface area contributed by atoms with Crippen LogP contribution in [0.3, 0.4) is 0 Å². The Labute approximate surface area is 163 Å². The molecule has 1 saturated carbocycles. The number of anilines is 1. The number of carboxylic acid groups (broad SMARTS) is 1. The highest BCUT2D eigenvalue weighted by atomic mass is 16.5. The quantitative estimate of drug-likeness (QED) is 0.652. The summed E-state index contributed by atoms with van der Waals surface area (Å²) in [7, 11) is 0. The monoisotopic (exact) mass is 375 g/mol. The molecule has 1 amide bonds. The van der Waals surface area contributed by atoms with Crippen LogP contribution in [0.15, 0.2) is 67.0 Å². The molecule has 0 aliphatic heterocycles. The van der Waals surface area contributed by atoms with Crippen LogP contribution < -0.4 is 5.32 Å². The number of nitrogens with one attached hydrogen (secondary N) is 1. The Morgan fingerprint density at radius 1 is 1.04 bits per heavy atom. The van der Waals surface area contributed by atoms with E-state index in [4.69, 9.17) is 9.84 Å². The normalized spacial score (nSPS) is 18.3. The number of hydrogen-bond acceptors (Lipinski definition) is 4. The Bertz CT molecular complexity index is 939. The second kappa shape index (κ2) is 8.19. The molecule has 0 radical (unpaired) electrons. The zero-order valence-corrected chi connectivity index (χ0v) is 15.3. The van der Waals surface area contributed by atoms with Crippen LogP contribution in [0.5, 0.6) is 0 Å². The maximum atomic E-state index is 10.7. The van der Waals surface area contributed by atoms with Gasteiger partial charge in [-0.2, -0.15) is 0 Å². The van der Waals surface area contributed by atoms with Gasteiger partial charge in [0.1, 0.15) is 0 Å². The molecular formula is C22H21N3O3. The predicted octanol–water partition coefficient (Wildman–Crippen LogP) is 4.70. The Balaban J connectivity index is 1.41. The van der Waals surface area contributed by atoms with Crippen molar-refractivity contribution in [2.45, 2.75) is 31.5 Å².